The van der Waals surface area contributed by atoms with Crippen molar-refractivity contribution >= 4 is 17.4 Å². The molecule has 15 heavy (non-hydrogen) atoms. The van der Waals surface area contributed by atoms with Crippen LogP contribution in [0.3, 0.4) is 0 Å². The molecule has 1 saturated heterocycles. The maximum Gasteiger partial charge on any atom is 0.138 e. The smallest absolute Gasteiger partial charge is 0.138 e. The zero-order chi connectivity index (χ0) is 10.7. The molecule has 4 heteroatoms. The van der Waals surface area contributed by atoms with Crippen LogP contribution >= 0.6 is 11.8 Å². The lowest BCUT2D eigenvalue weighted by Gasteiger charge is -2.12. The van der Waals surface area contributed by atoms with E-state index in [0.29, 0.717) is 17.5 Å². The van der Waals surface area contributed by atoms with E-state index in [9.17, 15) is 4.39 Å². The minimum Gasteiger partial charge on any atom is -0.380 e. The molecule has 0 aliphatic carbocycles. The Morgan fingerprint density at radius 3 is 3.00 bits per heavy atom. The normalized spacial score (nSPS) is 20.5. The first kappa shape index (κ1) is 10.8. The standard InChI is InChI=1S/C11H14FNOS/c1-15-11-3-2-8(6-10(11)12)13-9-4-5-14-7-9/h2-3,6,9,13H,4-5,7H2,1H3. The monoisotopic (exact) mass is 227 g/mol. The molecule has 0 bridgehead atoms. The molecule has 2 nitrogen and oxygen atoms in total. The van der Waals surface area contributed by atoms with E-state index in [0.717, 1.165) is 18.7 Å². The van der Waals surface area contributed by atoms with Gasteiger partial charge in [0.25, 0.3) is 0 Å². The lowest BCUT2D eigenvalue weighted by molar-refractivity contribution is 0.195. The van der Waals surface area contributed by atoms with E-state index in [1.54, 1.807) is 12.1 Å². The maximum absolute atomic E-state index is 13.4. The Hall–Kier alpha value is -0.740. The van der Waals surface area contributed by atoms with Gasteiger partial charge in [0, 0.05) is 17.2 Å². The quantitative estimate of drug-likeness (QED) is 0.802. The summed E-state index contributed by atoms with van der Waals surface area (Å²) in [5, 5.41) is 3.26. The molecule has 0 radical (unpaired) electrons. The van der Waals surface area contributed by atoms with E-state index in [2.05, 4.69) is 5.32 Å². The molecule has 1 N–H and O–H groups in total. The van der Waals surface area contributed by atoms with Crippen LogP contribution < -0.4 is 5.32 Å². The Labute approximate surface area is 93.2 Å². The fourth-order valence-corrected chi connectivity index (χ4v) is 2.10. The van der Waals surface area contributed by atoms with Crippen LogP contribution in [0.25, 0.3) is 0 Å². The molecule has 1 aliphatic rings. The molecule has 2 rings (SSSR count). The largest absolute Gasteiger partial charge is 0.380 e. The van der Waals surface area contributed by atoms with E-state index in [-0.39, 0.29) is 5.82 Å². The number of ether oxygens (including phenoxy) is 1. The highest BCUT2D eigenvalue weighted by molar-refractivity contribution is 7.98. The second kappa shape index (κ2) is 4.86. The van der Waals surface area contributed by atoms with Gasteiger partial charge in [0.1, 0.15) is 5.82 Å². The maximum atomic E-state index is 13.4. The first-order valence-corrected chi connectivity index (χ1v) is 6.20. The first-order valence-electron chi connectivity index (χ1n) is 4.97. The van der Waals surface area contributed by atoms with E-state index in [4.69, 9.17) is 4.74 Å². The van der Waals surface area contributed by atoms with E-state index in [1.807, 2.05) is 12.3 Å². The SMILES string of the molecule is CSc1ccc(NC2CCOC2)cc1F. The van der Waals surface area contributed by atoms with E-state index in [1.165, 1.54) is 11.8 Å². The Bertz CT molecular complexity index is 339. The highest BCUT2D eigenvalue weighted by Crippen LogP contribution is 2.23. The van der Waals surface area contributed by atoms with Crippen molar-refractivity contribution in [3.63, 3.8) is 0 Å². The number of nitrogens with one attached hydrogen (secondary N) is 1. The van der Waals surface area contributed by atoms with Crippen molar-refractivity contribution in [2.24, 2.45) is 0 Å². The van der Waals surface area contributed by atoms with Gasteiger partial charge in [0.15, 0.2) is 0 Å². The van der Waals surface area contributed by atoms with Crippen LogP contribution in [0.4, 0.5) is 10.1 Å². The average molecular weight is 227 g/mol. The lowest BCUT2D eigenvalue weighted by atomic mass is 10.2. The molecule has 1 atom stereocenters. The zero-order valence-electron chi connectivity index (χ0n) is 8.63. The van der Waals surface area contributed by atoms with E-state index >= 15 is 0 Å². The third-order valence-electron chi connectivity index (χ3n) is 2.45. The Kier molecular flexibility index (Phi) is 3.49. The zero-order valence-corrected chi connectivity index (χ0v) is 9.44. The second-order valence-electron chi connectivity index (χ2n) is 3.55. The number of rotatable bonds is 3. The molecule has 82 valence electrons. The summed E-state index contributed by atoms with van der Waals surface area (Å²) < 4.78 is 18.7. The van der Waals surface area contributed by atoms with Gasteiger partial charge >= 0.3 is 0 Å². The molecule has 0 amide bonds. The molecular weight excluding hydrogens is 213 g/mol. The lowest BCUT2D eigenvalue weighted by Crippen LogP contribution is -2.18. The van der Waals surface area contributed by atoms with Gasteiger partial charge in [0.05, 0.1) is 12.6 Å². The summed E-state index contributed by atoms with van der Waals surface area (Å²) in [6.45, 7) is 1.51. The van der Waals surface area contributed by atoms with Crippen LogP contribution in [0.1, 0.15) is 6.42 Å². The molecule has 0 spiro atoms. The number of benzene rings is 1. The Morgan fingerprint density at radius 1 is 1.53 bits per heavy atom. The predicted molar refractivity (Wildman–Crippen MR) is 61.0 cm³/mol. The van der Waals surface area contributed by atoms with Crippen LogP contribution in [0.5, 0.6) is 0 Å². The van der Waals surface area contributed by atoms with Crippen molar-refractivity contribution in [2.45, 2.75) is 17.4 Å². The molecule has 0 saturated carbocycles. The third kappa shape index (κ3) is 2.63. The number of hydrogen-bond acceptors (Lipinski definition) is 3. The van der Waals surface area contributed by atoms with Gasteiger partial charge in [-0.1, -0.05) is 0 Å². The number of anilines is 1. The van der Waals surface area contributed by atoms with Gasteiger partial charge in [-0.05, 0) is 30.9 Å². The van der Waals surface area contributed by atoms with Crippen molar-refractivity contribution in [1.82, 2.24) is 0 Å². The van der Waals surface area contributed by atoms with Gasteiger partial charge < -0.3 is 10.1 Å². The second-order valence-corrected chi connectivity index (χ2v) is 4.40. The third-order valence-corrected chi connectivity index (χ3v) is 3.22. The molecule has 1 unspecified atom stereocenters. The summed E-state index contributed by atoms with van der Waals surface area (Å²) in [5.41, 5.74) is 0.834. The van der Waals surface area contributed by atoms with Gasteiger partial charge in [-0.15, -0.1) is 11.8 Å². The minimum atomic E-state index is -0.161. The molecule has 1 fully saturated rings. The summed E-state index contributed by atoms with van der Waals surface area (Å²) in [4.78, 5) is 0.684. The highest BCUT2D eigenvalue weighted by atomic mass is 32.2. The van der Waals surface area contributed by atoms with Crippen molar-refractivity contribution in [2.75, 3.05) is 24.8 Å². The van der Waals surface area contributed by atoms with Gasteiger partial charge in [0.2, 0.25) is 0 Å². The molecule has 1 aromatic carbocycles. The molecule has 0 aromatic heterocycles. The Morgan fingerprint density at radius 2 is 2.40 bits per heavy atom. The van der Waals surface area contributed by atoms with Crippen LogP contribution in [-0.4, -0.2) is 25.5 Å². The van der Waals surface area contributed by atoms with E-state index < -0.39 is 0 Å². The minimum absolute atomic E-state index is 0.161. The van der Waals surface area contributed by atoms with Crippen LogP contribution in [0.15, 0.2) is 23.1 Å². The van der Waals surface area contributed by atoms with Gasteiger partial charge in [-0.3, -0.25) is 0 Å². The Balaban J connectivity index is 2.05. The predicted octanol–water partition coefficient (Wildman–Crippen LogP) is 2.75. The topological polar surface area (TPSA) is 21.3 Å². The summed E-state index contributed by atoms with van der Waals surface area (Å²) in [6, 6.07) is 5.58. The van der Waals surface area contributed by atoms with Crippen molar-refractivity contribution in [3.05, 3.63) is 24.0 Å². The summed E-state index contributed by atoms with van der Waals surface area (Å²) in [6.07, 6.45) is 2.86. The highest BCUT2D eigenvalue weighted by Gasteiger charge is 2.15. The average Bonchev–Trinajstić information content (AvgIpc) is 2.71. The molecular formula is C11H14FNOS. The number of halogens is 1. The van der Waals surface area contributed by atoms with Crippen molar-refractivity contribution < 1.29 is 9.13 Å². The summed E-state index contributed by atoms with van der Waals surface area (Å²) in [5.74, 6) is -0.161. The summed E-state index contributed by atoms with van der Waals surface area (Å²) in [7, 11) is 0. The fourth-order valence-electron chi connectivity index (χ4n) is 1.64. The molecule has 1 heterocycles. The van der Waals surface area contributed by atoms with Crippen molar-refractivity contribution in [3.8, 4) is 0 Å². The van der Waals surface area contributed by atoms with Crippen LogP contribution in [0, 0.1) is 5.82 Å². The van der Waals surface area contributed by atoms with Crippen molar-refractivity contribution in [1.29, 1.82) is 0 Å². The number of hydrogen-bond donors (Lipinski definition) is 1. The van der Waals surface area contributed by atoms with Gasteiger partial charge in [-0.25, -0.2) is 4.39 Å². The summed E-state index contributed by atoms with van der Waals surface area (Å²) >= 11 is 1.42. The first-order chi connectivity index (χ1) is 7.29. The number of thioether (sulfide) groups is 1. The fraction of sp³-hybridized carbons (Fsp3) is 0.455. The van der Waals surface area contributed by atoms with Crippen LogP contribution in [0.2, 0.25) is 0 Å². The molecule has 1 aliphatic heterocycles. The molecule has 1 aromatic rings. The van der Waals surface area contributed by atoms with Gasteiger partial charge in [-0.2, -0.15) is 0 Å². The van der Waals surface area contributed by atoms with Crippen LogP contribution in [-0.2, 0) is 4.74 Å².